The first-order valence-corrected chi connectivity index (χ1v) is 12.0. The predicted octanol–water partition coefficient (Wildman–Crippen LogP) is 2.84. The summed E-state index contributed by atoms with van der Waals surface area (Å²) in [5, 5.41) is 2.84. The third-order valence-corrected chi connectivity index (χ3v) is 8.06. The molecule has 0 bridgehead atoms. The average Bonchev–Trinajstić information content (AvgIpc) is 3.30. The number of para-hydroxylation sites is 1. The fraction of sp³-hybridized carbons (Fsp3) is 0.143. The van der Waals surface area contributed by atoms with Gasteiger partial charge < -0.3 is 5.32 Å². The molecule has 3 aromatic rings. The van der Waals surface area contributed by atoms with Gasteiger partial charge in [-0.15, -0.1) is 0 Å². The van der Waals surface area contributed by atoms with E-state index in [1.54, 1.807) is 11.0 Å². The van der Waals surface area contributed by atoms with Crippen LogP contribution in [0.4, 0.5) is 17.3 Å². The molecule has 162 valence electrons. The molecule has 1 fully saturated rings. The van der Waals surface area contributed by atoms with E-state index in [0.29, 0.717) is 18.5 Å². The fourth-order valence-corrected chi connectivity index (χ4v) is 6.15. The molecular weight excluding hydrogens is 450 g/mol. The Balaban J connectivity index is 1.35. The first-order chi connectivity index (χ1) is 15.4. The lowest BCUT2D eigenvalue weighted by molar-refractivity contribution is -0.121. The van der Waals surface area contributed by atoms with Gasteiger partial charge in [0, 0.05) is 29.4 Å². The summed E-state index contributed by atoms with van der Waals surface area (Å²) in [5.41, 5.74) is 1.17. The van der Waals surface area contributed by atoms with Gasteiger partial charge in [-0.2, -0.15) is 0 Å². The number of sulfonamides is 1. The van der Waals surface area contributed by atoms with Crippen molar-refractivity contribution in [3.05, 3.63) is 67.0 Å². The van der Waals surface area contributed by atoms with Crippen LogP contribution in [0.25, 0.3) is 0 Å². The van der Waals surface area contributed by atoms with Gasteiger partial charge >= 0.3 is 0 Å². The molecule has 1 unspecified atom stereocenters. The Hall–Kier alpha value is -3.44. The van der Waals surface area contributed by atoms with Crippen molar-refractivity contribution in [1.82, 2.24) is 9.97 Å². The van der Waals surface area contributed by atoms with Crippen LogP contribution < -0.4 is 14.9 Å². The highest BCUT2D eigenvalue weighted by Crippen LogP contribution is 2.56. The van der Waals surface area contributed by atoms with Crippen LogP contribution in [0.2, 0.25) is 0 Å². The van der Waals surface area contributed by atoms with Crippen LogP contribution in [0.3, 0.4) is 0 Å². The van der Waals surface area contributed by atoms with Crippen molar-refractivity contribution >= 4 is 50.9 Å². The minimum Gasteiger partial charge on any atom is -0.323 e. The highest BCUT2D eigenvalue weighted by Gasteiger charge is 2.57. The molecule has 1 atom stereocenters. The Morgan fingerprint density at radius 1 is 1.03 bits per heavy atom. The third kappa shape index (κ3) is 3.39. The van der Waals surface area contributed by atoms with Crippen molar-refractivity contribution in [3.63, 3.8) is 0 Å². The maximum Gasteiger partial charge on any atom is 0.264 e. The Kier molecular flexibility index (Phi) is 4.86. The number of nitrogens with one attached hydrogen (secondary N) is 2. The van der Waals surface area contributed by atoms with Crippen LogP contribution in [0.1, 0.15) is 12.8 Å². The van der Waals surface area contributed by atoms with Gasteiger partial charge in [0.25, 0.3) is 15.9 Å². The largest absolute Gasteiger partial charge is 0.323 e. The number of anilines is 3. The number of nitrogens with zero attached hydrogens (tertiary/aromatic N) is 3. The smallest absolute Gasteiger partial charge is 0.264 e. The lowest BCUT2D eigenvalue weighted by Gasteiger charge is -2.29. The van der Waals surface area contributed by atoms with E-state index < -0.39 is 14.9 Å². The predicted molar refractivity (Wildman–Crippen MR) is 120 cm³/mol. The Labute approximate surface area is 188 Å². The van der Waals surface area contributed by atoms with Crippen LogP contribution in [0, 0.1) is 0 Å². The lowest BCUT2D eigenvalue weighted by atomic mass is 10.1. The van der Waals surface area contributed by atoms with E-state index in [0.717, 1.165) is 10.6 Å². The highest BCUT2D eigenvalue weighted by atomic mass is 32.2. The number of rotatable bonds is 5. The van der Waals surface area contributed by atoms with E-state index in [1.165, 1.54) is 48.4 Å². The number of amides is 2. The Morgan fingerprint density at radius 3 is 2.50 bits per heavy atom. The second-order valence-corrected chi connectivity index (χ2v) is 10.2. The summed E-state index contributed by atoms with van der Waals surface area (Å²) in [6.45, 7) is 0. The summed E-state index contributed by atoms with van der Waals surface area (Å²) in [5.74, 6) is -0.447. The van der Waals surface area contributed by atoms with E-state index in [1.807, 2.05) is 24.3 Å². The minimum absolute atomic E-state index is 0.00133. The minimum atomic E-state index is -3.88. The molecular formula is C21H17N5O4S2. The van der Waals surface area contributed by atoms with Gasteiger partial charge in [0.05, 0.1) is 10.6 Å². The van der Waals surface area contributed by atoms with Crippen molar-refractivity contribution in [2.45, 2.75) is 27.5 Å². The molecule has 2 aliphatic heterocycles. The zero-order valence-electron chi connectivity index (χ0n) is 16.6. The quantitative estimate of drug-likeness (QED) is 0.592. The maximum absolute atomic E-state index is 13.3. The molecule has 11 heteroatoms. The monoisotopic (exact) mass is 467 g/mol. The topological polar surface area (TPSA) is 121 Å². The van der Waals surface area contributed by atoms with Gasteiger partial charge in [-0.1, -0.05) is 23.9 Å². The van der Waals surface area contributed by atoms with Crippen LogP contribution in [-0.2, 0) is 19.6 Å². The second kappa shape index (κ2) is 7.61. The maximum atomic E-state index is 13.3. The van der Waals surface area contributed by atoms with Crippen LogP contribution in [0.5, 0.6) is 0 Å². The van der Waals surface area contributed by atoms with Gasteiger partial charge in [-0.3, -0.25) is 14.5 Å². The molecule has 5 rings (SSSR count). The lowest BCUT2D eigenvalue weighted by Crippen LogP contribution is -2.49. The molecule has 2 aromatic carbocycles. The van der Waals surface area contributed by atoms with E-state index in [9.17, 15) is 18.0 Å². The molecule has 0 spiro atoms. The number of aromatic nitrogens is 2. The summed E-state index contributed by atoms with van der Waals surface area (Å²) < 4.78 is 27.4. The molecule has 3 heterocycles. The number of fused-ring (bicyclic) bond motifs is 3. The molecule has 2 N–H and O–H groups in total. The molecule has 1 saturated heterocycles. The summed E-state index contributed by atoms with van der Waals surface area (Å²) in [6, 6.07) is 14.8. The number of benzene rings is 2. The number of hydrogen-bond acceptors (Lipinski definition) is 7. The van der Waals surface area contributed by atoms with E-state index in [2.05, 4.69) is 20.0 Å². The van der Waals surface area contributed by atoms with Crippen molar-refractivity contribution in [2.24, 2.45) is 0 Å². The first kappa shape index (κ1) is 20.5. The molecule has 1 aromatic heterocycles. The molecule has 0 radical (unpaired) electrons. The van der Waals surface area contributed by atoms with Gasteiger partial charge in [0.15, 0.2) is 4.87 Å². The van der Waals surface area contributed by atoms with Crippen LogP contribution in [0.15, 0.2) is 76.8 Å². The van der Waals surface area contributed by atoms with Gasteiger partial charge in [0.2, 0.25) is 11.9 Å². The molecule has 0 saturated carbocycles. The average molecular weight is 468 g/mol. The van der Waals surface area contributed by atoms with Gasteiger partial charge in [-0.05, 0) is 48.9 Å². The normalized spacial score (nSPS) is 19.4. The Bertz CT molecular complexity index is 1320. The van der Waals surface area contributed by atoms with E-state index in [4.69, 9.17) is 0 Å². The summed E-state index contributed by atoms with van der Waals surface area (Å²) in [7, 11) is -3.88. The summed E-state index contributed by atoms with van der Waals surface area (Å²) >= 11 is 1.37. The molecule has 2 amide bonds. The van der Waals surface area contributed by atoms with Crippen LogP contribution >= 0.6 is 11.8 Å². The van der Waals surface area contributed by atoms with Crippen molar-refractivity contribution < 1.29 is 18.0 Å². The summed E-state index contributed by atoms with van der Waals surface area (Å²) in [4.78, 5) is 34.9. The third-order valence-electron chi connectivity index (χ3n) is 5.24. The fourth-order valence-electron chi connectivity index (χ4n) is 3.78. The van der Waals surface area contributed by atoms with Crippen molar-refractivity contribution in [3.8, 4) is 0 Å². The Morgan fingerprint density at radius 2 is 1.75 bits per heavy atom. The second-order valence-electron chi connectivity index (χ2n) is 7.24. The number of carbonyl (C=O) groups excluding carboxylic acids is 2. The molecule has 9 nitrogen and oxygen atoms in total. The van der Waals surface area contributed by atoms with E-state index >= 15 is 0 Å². The van der Waals surface area contributed by atoms with E-state index in [-0.39, 0.29) is 22.7 Å². The number of hydrogen-bond donors (Lipinski definition) is 2. The summed E-state index contributed by atoms with van der Waals surface area (Å²) in [6.07, 6.45) is 3.54. The molecule has 0 aliphatic carbocycles. The zero-order chi connectivity index (χ0) is 22.3. The van der Waals surface area contributed by atoms with Crippen molar-refractivity contribution in [1.29, 1.82) is 0 Å². The van der Waals surface area contributed by atoms with Gasteiger partial charge in [-0.25, -0.2) is 23.1 Å². The molecule has 32 heavy (non-hydrogen) atoms. The number of carbonyl (C=O) groups is 2. The number of thioether (sulfide) groups is 1. The van der Waals surface area contributed by atoms with Crippen LogP contribution in [-0.4, -0.2) is 35.1 Å². The van der Waals surface area contributed by atoms with Gasteiger partial charge in [0.1, 0.15) is 0 Å². The first-order valence-electron chi connectivity index (χ1n) is 9.72. The standard InChI is InChI=1S/C21H17N5O4S2/c27-18-10-11-21(26(18)16-4-1-2-5-17(16)31-21)19(28)24-14-6-8-15(9-7-14)32(29,30)25-20-22-12-3-13-23-20/h1-9,12-13H,10-11H2,(H,24,28)(H,22,23,25). The molecule has 2 aliphatic rings. The zero-order valence-corrected chi connectivity index (χ0v) is 18.2. The highest BCUT2D eigenvalue weighted by molar-refractivity contribution is 8.02. The SMILES string of the molecule is O=C1CCC2(C(=O)Nc3ccc(S(=O)(=O)Nc4ncccn4)cc3)Sc3ccccc3N12. The van der Waals surface area contributed by atoms with Crippen molar-refractivity contribution in [2.75, 3.05) is 14.9 Å².